The minimum atomic E-state index is -1.42. The van der Waals surface area contributed by atoms with Gasteiger partial charge in [-0.2, -0.15) is 4.98 Å². The number of nitrogens with two attached hydrogens (primary N) is 3. The van der Waals surface area contributed by atoms with E-state index in [0.717, 1.165) is 0 Å². The maximum absolute atomic E-state index is 12.8. The van der Waals surface area contributed by atoms with Crippen molar-refractivity contribution in [1.82, 2.24) is 35.9 Å². The van der Waals surface area contributed by atoms with Crippen molar-refractivity contribution in [2.24, 2.45) is 16.5 Å². The first-order valence-corrected chi connectivity index (χ1v) is 15.3. The van der Waals surface area contributed by atoms with Crippen LogP contribution in [0.2, 0.25) is 0 Å². The third-order valence-corrected chi connectivity index (χ3v) is 7.07. The number of hydrogen-bond donors (Lipinski definition) is 9. The van der Waals surface area contributed by atoms with Crippen LogP contribution in [0.25, 0.3) is 11.2 Å². The molecule has 49 heavy (non-hydrogen) atoms. The molecule has 2 heterocycles. The van der Waals surface area contributed by atoms with Crippen LogP contribution in [-0.2, 0) is 25.7 Å². The lowest BCUT2D eigenvalue weighted by molar-refractivity contribution is -0.141. The number of ketones is 1. The molecule has 0 saturated carbocycles. The Kier molecular flexibility index (Phi) is 13.5. The van der Waals surface area contributed by atoms with Crippen molar-refractivity contribution >= 4 is 58.2 Å². The molecule has 3 rings (SSSR count). The van der Waals surface area contributed by atoms with Gasteiger partial charge >= 0.3 is 5.97 Å². The van der Waals surface area contributed by atoms with Gasteiger partial charge in [0.15, 0.2) is 22.9 Å². The molecule has 3 atom stereocenters. The number of carboxylic acid groups (broad SMARTS) is 1. The first-order valence-electron chi connectivity index (χ1n) is 15.3. The van der Waals surface area contributed by atoms with E-state index in [4.69, 9.17) is 17.2 Å². The fourth-order valence-electron chi connectivity index (χ4n) is 4.52. The summed E-state index contributed by atoms with van der Waals surface area (Å²) < 4.78 is 0. The Labute approximate surface area is 279 Å². The molecule has 0 spiro atoms. The molecule has 3 aromatic rings. The highest BCUT2D eigenvalue weighted by atomic mass is 16.4. The van der Waals surface area contributed by atoms with Crippen LogP contribution in [0.3, 0.4) is 0 Å². The maximum atomic E-state index is 12.8. The predicted octanol–water partition coefficient (Wildman–Crippen LogP) is -1.11. The Hall–Kier alpha value is -6.14. The van der Waals surface area contributed by atoms with Crippen LogP contribution < -0.4 is 44.0 Å². The van der Waals surface area contributed by atoms with E-state index in [0.29, 0.717) is 23.4 Å². The second-order valence-corrected chi connectivity index (χ2v) is 11.2. The number of rotatable bonds is 18. The topological polar surface area (TPSA) is 316 Å². The first-order chi connectivity index (χ1) is 23.2. The number of aliphatic carboxylic acids is 1. The average Bonchev–Trinajstić information content (AvgIpc) is 3.03. The zero-order chi connectivity index (χ0) is 36.1. The van der Waals surface area contributed by atoms with Crippen LogP contribution in [-0.4, -0.2) is 85.1 Å². The van der Waals surface area contributed by atoms with E-state index < -0.39 is 47.9 Å². The van der Waals surface area contributed by atoms with Gasteiger partial charge in [-0.3, -0.25) is 38.7 Å². The summed E-state index contributed by atoms with van der Waals surface area (Å²) in [5.74, 6) is -3.65. The van der Waals surface area contributed by atoms with Crippen LogP contribution in [0.1, 0.15) is 62.0 Å². The second kappa shape index (κ2) is 17.7. The highest BCUT2D eigenvalue weighted by molar-refractivity contribution is 5.95. The van der Waals surface area contributed by atoms with E-state index in [1.54, 1.807) is 31.2 Å². The molecular weight excluding hydrogens is 640 g/mol. The zero-order valence-electron chi connectivity index (χ0n) is 27.0. The van der Waals surface area contributed by atoms with Gasteiger partial charge in [0.05, 0.1) is 30.9 Å². The molecule has 0 radical (unpaired) electrons. The normalized spacial score (nSPS) is 12.6. The summed E-state index contributed by atoms with van der Waals surface area (Å²) in [6.45, 7) is 3.45. The number of amides is 3. The number of aromatic nitrogens is 4. The number of nitrogen functional groups attached to an aromatic ring is 1. The van der Waals surface area contributed by atoms with E-state index in [1.807, 2.05) is 0 Å². The number of aliphatic imine (C=N–C) groups is 1. The van der Waals surface area contributed by atoms with Crippen LogP contribution in [0.15, 0.2) is 40.2 Å². The summed E-state index contributed by atoms with van der Waals surface area (Å²) in [4.78, 5) is 92.2. The summed E-state index contributed by atoms with van der Waals surface area (Å²) in [7, 11) is 0. The molecule has 0 unspecified atom stereocenters. The molecule has 19 nitrogen and oxygen atoms in total. The highest BCUT2D eigenvalue weighted by Gasteiger charge is 2.27. The molecule has 262 valence electrons. The standard InChI is InChI=1S/C30H40N12O7/c1-15(5-10-22(44)39-21(12-23(45)46)27(48)40-20(16(2)43)4-3-11-34-29(31)32)37-26(47)17-6-8-18(9-7-17)35-13-19-14-36-25-24(38-19)28(49)42-30(33)41-25/h6-9,14-15,20-21,35H,3-5,10-13H2,1-2H3,(H,37,47)(H,39,44)(H,40,48)(H,45,46)(H4,31,32,34)(H3,33,36,41,42,49)/t15-,20+,21+/m1/s1. The summed E-state index contributed by atoms with van der Waals surface area (Å²) in [5.41, 5.74) is 17.3. The van der Waals surface area contributed by atoms with E-state index in [1.165, 1.54) is 13.1 Å². The van der Waals surface area contributed by atoms with Crippen molar-refractivity contribution in [2.45, 2.75) is 70.6 Å². The molecule has 1 aromatic carbocycles. The lowest BCUT2D eigenvalue weighted by Gasteiger charge is -2.21. The Morgan fingerprint density at radius 1 is 1.00 bits per heavy atom. The average molecular weight is 681 g/mol. The van der Waals surface area contributed by atoms with Gasteiger partial charge in [0.1, 0.15) is 6.04 Å². The number of Topliss-reactive ketones (excluding diaryl/α,β-unsaturated/α-hetero) is 1. The van der Waals surface area contributed by atoms with E-state index in [2.05, 4.69) is 46.2 Å². The Bertz CT molecular complexity index is 1760. The van der Waals surface area contributed by atoms with Crippen molar-refractivity contribution in [3.8, 4) is 0 Å². The maximum Gasteiger partial charge on any atom is 0.305 e. The molecule has 0 aliphatic heterocycles. The molecule has 0 aliphatic carbocycles. The van der Waals surface area contributed by atoms with E-state index in [-0.39, 0.29) is 67.1 Å². The number of nitrogens with zero attached hydrogens (tertiary/aromatic N) is 4. The van der Waals surface area contributed by atoms with Crippen LogP contribution in [0.4, 0.5) is 11.6 Å². The summed E-state index contributed by atoms with van der Waals surface area (Å²) in [6, 6.07) is 3.79. The third kappa shape index (κ3) is 12.2. The van der Waals surface area contributed by atoms with E-state index in [9.17, 15) is 33.9 Å². The molecule has 3 amide bonds. The minimum absolute atomic E-state index is 0.0554. The number of aromatic amines is 1. The number of fused-ring (bicyclic) bond motifs is 1. The molecule has 0 saturated heterocycles. The summed E-state index contributed by atoms with van der Waals surface area (Å²) in [6.07, 6.45) is 1.43. The number of H-pyrrole nitrogens is 1. The molecule has 2 aromatic heterocycles. The zero-order valence-corrected chi connectivity index (χ0v) is 27.0. The Morgan fingerprint density at radius 2 is 1.71 bits per heavy atom. The number of guanidine groups is 1. The van der Waals surface area contributed by atoms with Crippen LogP contribution in [0.5, 0.6) is 0 Å². The van der Waals surface area contributed by atoms with Gasteiger partial charge in [-0.15, -0.1) is 0 Å². The number of anilines is 2. The largest absolute Gasteiger partial charge is 0.481 e. The van der Waals surface area contributed by atoms with Crippen molar-refractivity contribution in [3.63, 3.8) is 0 Å². The quantitative estimate of drug-likeness (QED) is 0.0437. The first kappa shape index (κ1) is 37.3. The predicted molar refractivity (Wildman–Crippen MR) is 179 cm³/mol. The van der Waals surface area contributed by atoms with Crippen molar-refractivity contribution in [2.75, 3.05) is 17.6 Å². The van der Waals surface area contributed by atoms with Gasteiger partial charge < -0.3 is 43.6 Å². The van der Waals surface area contributed by atoms with Crippen LogP contribution >= 0.6 is 0 Å². The molecule has 0 fully saturated rings. The van der Waals surface area contributed by atoms with Gasteiger partial charge in [-0.25, -0.2) is 9.97 Å². The number of carbonyl (C=O) groups is 5. The summed E-state index contributed by atoms with van der Waals surface area (Å²) >= 11 is 0. The number of hydrogen-bond acceptors (Lipinski definition) is 12. The monoisotopic (exact) mass is 680 g/mol. The molecule has 0 bridgehead atoms. The number of nitrogens with one attached hydrogen (secondary N) is 5. The second-order valence-electron chi connectivity index (χ2n) is 11.2. The highest BCUT2D eigenvalue weighted by Crippen LogP contribution is 2.12. The third-order valence-electron chi connectivity index (χ3n) is 7.07. The fraction of sp³-hybridized carbons (Fsp3) is 0.400. The molecule has 19 heteroatoms. The summed E-state index contributed by atoms with van der Waals surface area (Å²) in [5, 5.41) is 20.1. The van der Waals surface area contributed by atoms with Gasteiger partial charge in [-0.05, 0) is 57.4 Å². The number of carbonyl (C=O) groups excluding carboxylic acids is 4. The lowest BCUT2D eigenvalue weighted by Crippen LogP contribution is -2.52. The lowest BCUT2D eigenvalue weighted by atomic mass is 10.1. The smallest absolute Gasteiger partial charge is 0.305 e. The Balaban J connectivity index is 1.47. The SMILES string of the molecule is CC(=O)[C@H](CCCN=C(N)N)NC(=O)[C@H](CC(=O)O)NC(=O)CC[C@@H](C)NC(=O)c1ccc(NCc2cnc3nc(N)[nH]c(=O)c3n2)cc1. The van der Waals surface area contributed by atoms with E-state index >= 15 is 0 Å². The van der Waals surface area contributed by atoms with Crippen molar-refractivity contribution < 1.29 is 29.1 Å². The van der Waals surface area contributed by atoms with Gasteiger partial charge in [-0.1, -0.05) is 0 Å². The van der Waals surface area contributed by atoms with Crippen molar-refractivity contribution in [1.29, 1.82) is 0 Å². The number of carboxylic acids is 1. The fourth-order valence-corrected chi connectivity index (χ4v) is 4.52. The molecular formula is C30H40N12O7. The van der Waals surface area contributed by atoms with Crippen molar-refractivity contribution in [3.05, 3.63) is 52.1 Å². The Morgan fingerprint density at radius 3 is 2.37 bits per heavy atom. The minimum Gasteiger partial charge on any atom is -0.481 e. The van der Waals surface area contributed by atoms with Gasteiger partial charge in [0.2, 0.25) is 17.8 Å². The molecule has 0 aliphatic rings. The van der Waals surface area contributed by atoms with Gasteiger partial charge in [0.25, 0.3) is 11.5 Å². The molecule has 12 N–H and O–H groups in total. The van der Waals surface area contributed by atoms with Gasteiger partial charge in [0, 0.05) is 30.3 Å². The number of benzene rings is 1. The van der Waals surface area contributed by atoms with Crippen LogP contribution in [0, 0.1) is 0 Å².